The van der Waals surface area contributed by atoms with Gasteiger partial charge in [-0.1, -0.05) is 0 Å². The molecule has 21 heavy (non-hydrogen) atoms. The normalized spacial score (nSPS) is 12.1. The van der Waals surface area contributed by atoms with Crippen molar-refractivity contribution in [1.82, 2.24) is 9.78 Å². The van der Waals surface area contributed by atoms with Crippen LogP contribution in [0.15, 0.2) is 42.7 Å². The van der Waals surface area contributed by atoms with E-state index in [1.165, 1.54) is 5.69 Å². The number of anilines is 2. The van der Waals surface area contributed by atoms with Crippen molar-refractivity contribution in [1.29, 1.82) is 0 Å². The molecule has 5 heteroatoms. The zero-order chi connectivity index (χ0) is 15.1. The van der Waals surface area contributed by atoms with E-state index in [0.29, 0.717) is 13.1 Å². The standard InChI is InChI=1S/C16H24N4O/c1-3-19(4-2)15-8-6-14(7-9-15)17-12-16(21)13-20-11-5-10-18-20/h5-11,16-17,21H,3-4,12-13H2,1-2H3. The van der Waals surface area contributed by atoms with Gasteiger partial charge in [-0.15, -0.1) is 0 Å². The fourth-order valence-electron chi connectivity index (χ4n) is 2.30. The van der Waals surface area contributed by atoms with E-state index in [-0.39, 0.29) is 0 Å². The van der Waals surface area contributed by atoms with Gasteiger partial charge in [0.2, 0.25) is 0 Å². The zero-order valence-electron chi connectivity index (χ0n) is 12.7. The minimum absolute atomic E-state index is 0.465. The first-order chi connectivity index (χ1) is 10.2. The van der Waals surface area contributed by atoms with Gasteiger partial charge < -0.3 is 15.3 Å². The Morgan fingerprint density at radius 3 is 2.52 bits per heavy atom. The smallest absolute Gasteiger partial charge is 0.0907 e. The minimum atomic E-state index is -0.465. The lowest BCUT2D eigenvalue weighted by atomic mass is 10.2. The van der Waals surface area contributed by atoms with Crippen molar-refractivity contribution >= 4 is 11.4 Å². The molecule has 0 amide bonds. The lowest BCUT2D eigenvalue weighted by Crippen LogP contribution is -2.25. The Morgan fingerprint density at radius 2 is 1.95 bits per heavy atom. The second-order valence-corrected chi connectivity index (χ2v) is 4.98. The van der Waals surface area contributed by atoms with Crippen LogP contribution in [0.4, 0.5) is 11.4 Å². The first-order valence-electron chi connectivity index (χ1n) is 7.47. The first kappa shape index (κ1) is 15.4. The molecule has 1 aromatic carbocycles. The second kappa shape index (κ2) is 7.69. The molecule has 1 unspecified atom stereocenters. The van der Waals surface area contributed by atoms with Crippen molar-refractivity contribution in [3.63, 3.8) is 0 Å². The van der Waals surface area contributed by atoms with Crippen molar-refractivity contribution in [2.45, 2.75) is 26.5 Å². The molecule has 0 fully saturated rings. The molecule has 0 radical (unpaired) electrons. The lowest BCUT2D eigenvalue weighted by Gasteiger charge is -2.21. The van der Waals surface area contributed by atoms with E-state index in [1.54, 1.807) is 10.9 Å². The molecule has 1 heterocycles. The third-order valence-electron chi connectivity index (χ3n) is 3.49. The second-order valence-electron chi connectivity index (χ2n) is 4.98. The van der Waals surface area contributed by atoms with Gasteiger partial charge in [0.1, 0.15) is 0 Å². The molecule has 2 aromatic rings. The van der Waals surface area contributed by atoms with Crippen LogP contribution >= 0.6 is 0 Å². The van der Waals surface area contributed by atoms with Crippen LogP contribution in [0.2, 0.25) is 0 Å². The molecule has 5 nitrogen and oxygen atoms in total. The highest BCUT2D eigenvalue weighted by molar-refractivity contribution is 5.55. The summed E-state index contributed by atoms with van der Waals surface area (Å²) >= 11 is 0. The van der Waals surface area contributed by atoms with Crippen LogP contribution in [0, 0.1) is 0 Å². The van der Waals surface area contributed by atoms with Crippen molar-refractivity contribution in [3.8, 4) is 0 Å². The molecule has 0 bridgehead atoms. The molecule has 0 saturated carbocycles. The first-order valence-corrected chi connectivity index (χ1v) is 7.47. The predicted octanol–water partition coefficient (Wildman–Crippen LogP) is 2.20. The molecule has 0 aliphatic carbocycles. The minimum Gasteiger partial charge on any atom is -0.389 e. The number of hydrogen-bond acceptors (Lipinski definition) is 4. The summed E-state index contributed by atoms with van der Waals surface area (Å²) in [4.78, 5) is 2.30. The van der Waals surface area contributed by atoms with Crippen molar-refractivity contribution < 1.29 is 5.11 Å². The number of aromatic nitrogens is 2. The molecule has 1 atom stereocenters. The highest BCUT2D eigenvalue weighted by Gasteiger charge is 2.06. The molecular formula is C16H24N4O. The maximum Gasteiger partial charge on any atom is 0.0907 e. The largest absolute Gasteiger partial charge is 0.389 e. The summed E-state index contributed by atoms with van der Waals surface area (Å²) in [6, 6.07) is 10.2. The van der Waals surface area contributed by atoms with Crippen LogP contribution in [0.1, 0.15) is 13.8 Å². The van der Waals surface area contributed by atoms with Crippen LogP contribution in [0.3, 0.4) is 0 Å². The van der Waals surface area contributed by atoms with Crippen molar-refractivity contribution in [3.05, 3.63) is 42.7 Å². The van der Waals surface area contributed by atoms with E-state index in [4.69, 9.17) is 0 Å². The van der Waals surface area contributed by atoms with Crippen LogP contribution in [0.5, 0.6) is 0 Å². The Bertz CT molecular complexity index is 506. The molecule has 0 saturated heterocycles. The maximum absolute atomic E-state index is 9.97. The fraction of sp³-hybridized carbons (Fsp3) is 0.438. The quantitative estimate of drug-likeness (QED) is 0.782. The average molecular weight is 288 g/mol. The number of benzene rings is 1. The Morgan fingerprint density at radius 1 is 1.24 bits per heavy atom. The van der Waals surface area contributed by atoms with Crippen LogP contribution < -0.4 is 10.2 Å². The molecule has 0 aliphatic heterocycles. The van der Waals surface area contributed by atoms with Gasteiger partial charge in [-0.05, 0) is 44.2 Å². The number of aliphatic hydroxyl groups is 1. The lowest BCUT2D eigenvalue weighted by molar-refractivity contribution is 0.161. The van der Waals surface area contributed by atoms with E-state index in [9.17, 15) is 5.11 Å². The van der Waals surface area contributed by atoms with Gasteiger partial charge in [0.15, 0.2) is 0 Å². The van der Waals surface area contributed by atoms with Crippen LogP contribution in [-0.2, 0) is 6.54 Å². The summed E-state index contributed by atoms with van der Waals surface area (Å²) in [5.41, 5.74) is 2.24. The number of nitrogens with one attached hydrogen (secondary N) is 1. The number of nitrogens with zero attached hydrogens (tertiary/aromatic N) is 3. The van der Waals surface area contributed by atoms with E-state index in [1.807, 2.05) is 24.4 Å². The van der Waals surface area contributed by atoms with Crippen molar-refractivity contribution in [2.75, 3.05) is 29.9 Å². The summed E-state index contributed by atoms with van der Waals surface area (Å²) in [7, 11) is 0. The van der Waals surface area contributed by atoms with Crippen molar-refractivity contribution in [2.24, 2.45) is 0 Å². The SMILES string of the molecule is CCN(CC)c1ccc(NCC(O)Cn2cccn2)cc1. The monoisotopic (exact) mass is 288 g/mol. The summed E-state index contributed by atoms with van der Waals surface area (Å²) < 4.78 is 1.73. The van der Waals surface area contributed by atoms with Gasteiger partial charge in [0.05, 0.1) is 12.6 Å². The molecule has 2 N–H and O–H groups in total. The van der Waals surface area contributed by atoms with Gasteiger partial charge in [-0.3, -0.25) is 4.68 Å². The van der Waals surface area contributed by atoms with E-state index >= 15 is 0 Å². The molecule has 114 valence electrons. The molecule has 1 aromatic heterocycles. The summed E-state index contributed by atoms with van der Waals surface area (Å²) in [6.07, 6.45) is 3.10. The zero-order valence-corrected chi connectivity index (χ0v) is 12.7. The van der Waals surface area contributed by atoms with Crippen LogP contribution in [-0.4, -0.2) is 40.6 Å². The van der Waals surface area contributed by atoms with E-state index in [2.05, 4.69) is 41.3 Å². The van der Waals surface area contributed by atoms with Gasteiger partial charge in [0, 0.05) is 43.4 Å². The maximum atomic E-state index is 9.97. The Kier molecular flexibility index (Phi) is 5.63. The van der Waals surface area contributed by atoms with E-state index < -0.39 is 6.10 Å². The highest BCUT2D eigenvalue weighted by Crippen LogP contribution is 2.17. The third-order valence-corrected chi connectivity index (χ3v) is 3.49. The van der Waals surface area contributed by atoms with Gasteiger partial charge in [-0.2, -0.15) is 5.10 Å². The van der Waals surface area contributed by atoms with Gasteiger partial charge in [-0.25, -0.2) is 0 Å². The van der Waals surface area contributed by atoms with Gasteiger partial charge in [0.25, 0.3) is 0 Å². The number of rotatable bonds is 8. The third kappa shape index (κ3) is 4.49. The number of aliphatic hydroxyl groups excluding tert-OH is 1. The summed E-state index contributed by atoms with van der Waals surface area (Å²) in [5.74, 6) is 0. The van der Waals surface area contributed by atoms with Crippen LogP contribution in [0.25, 0.3) is 0 Å². The fourth-order valence-corrected chi connectivity index (χ4v) is 2.30. The molecule has 2 rings (SSSR count). The van der Waals surface area contributed by atoms with E-state index in [0.717, 1.165) is 18.8 Å². The average Bonchev–Trinajstić information content (AvgIpc) is 3.00. The van der Waals surface area contributed by atoms with Gasteiger partial charge >= 0.3 is 0 Å². The highest BCUT2D eigenvalue weighted by atomic mass is 16.3. The number of hydrogen-bond donors (Lipinski definition) is 2. The summed E-state index contributed by atoms with van der Waals surface area (Å²) in [6.45, 7) is 7.32. The predicted molar refractivity (Wildman–Crippen MR) is 86.7 cm³/mol. The Balaban J connectivity index is 1.83. The molecule has 0 spiro atoms. The summed E-state index contributed by atoms with van der Waals surface area (Å²) in [5, 5.41) is 17.3. The Labute approximate surface area is 126 Å². The molecule has 0 aliphatic rings. The topological polar surface area (TPSA) is 53.3 Å². The molecular weight excluding hydrogens is 264 g/mol. The Hall–Kier alpha value is -2.01.